The zero-order chi connectivity index (χ0) is 22.6. The lowest BCUT2D eigenvalue weighted by atomic mass is 9.96. The monoisotopic (exact) mass is 419 g/mol. The maximum atomic E-state index is 12.8. The highest BCUT2D eigenvalue weighted by molar-refractivity contribution is 6.00. The van der Waals surface area contributed by atoms with E-state index in [0.717, 1.165) is 11.1 Å². The van der Waals surface area contributed by atoms with Crippen LogP contribution in [0.3, 0.4) is 0 Å². The van der Waals surface area contributed by atoms with Crippen LogP contribution in [0.15, 0.2) is 42.5 Å². The third-order valence-corrected chi connectivity index (χ3v) is 4.81. The van der Waals surface area contributed by atoms with E-state index in [1.54, 1.807) is 63.2 Å². The third-order valence-electron chi connectivity index (χ3n) is 4.81. The molecule has 1 N–H and O–H groups in total. The fourth-order valence-corrected chi connectivity index (χ4v) is 3.34. The number of hydrogen-bond donors (Lipinski definition) is 1. The van der Waals surface area contributed by atoms with Gasteiger partial charge in [0.15, 0.2) is 0 Å². The van der Waals surface area contributed by atoms with Crippen LogP contribution < -0.4 is 5.32 Å². The van der Waals surface area contributed by atoms with Gasteiger partial charge >= 0.3 is 5.97 Å². The Labute approximate surface area is 181 Å². The first kappa shape index (κ1) is 22.0. The molecule has 0 atom stereocenters. The Kier molecular flexibility index (Phi) is 6.40. The molecular formula is C24H25N3O4. The van der Waals surface area contributed by atoms with Gasteiger partial charge in [0.2, 0.25) is 0 Å². The average Bonchev–Trinajstić information content (AvgIpc) is 2.73. The van der Waals surface area contributed by atoms with Gasteiger partial charge in [0.1, 0.15) is 12.1 Å². The largest absolute Gasteiger partial charge is 0.459 e. The summed E-state index contributed by atoms with van der Waals surface area (Å²) in [7, 11) is 0. The second kappa shape index (κ2) is 9.00. The van der Waals surface area contributed by atoms with Crippen molar-refractivity contribution in [1.82, 2.24) is 10.2 Å². The summed E-state index contributed by atoms with van der Waals surface area (Å²) in [6, 6.07) is 14.0. The number of nitrogens with zero attached hydrogens (tertiary/aromatic N) is 2. The molecule has 160 valence electrons. The quantitative estimate of drug-likeness (QED) is 0.752. The van der Waals surface area contributed by atoms with Gasteiger partial charge in [-0.05, 0) is 68.7 Å². The second-order valence-electron chi connectivity index (χ2n) is 8.43. The van der Waals surface area contributed by atoms with Crippen molar-refractivity contribution >= 4 is 17.8 Å². The van der Waals surface area contributed by atoms with Crippen LogP contribution in [0.5, 0.6) is 0 Å². The van der Waals surface area contributed by atoms with Crippen molar-refractivity contribution in [1.29, 1.82) is 5.26 Å². The van der Waals surface area contributed by atoms with Gasteiger partial charge in [0.25, 0.3) is 11.8 Å². The van der Waals surface area contributed by atoms with Gasteiger partial charge in [-0.1, -0.05) is 12.1 Å². The Hall–Kier alpha value is -3.66. The fourth-order valence-electron chi connectivity index (χ4n) is 3.34. The number of carbonyl (C=O) groups excluding carboxylic acids is 3. The minimum Gasteiger partial charge on any atom is -0.459 e. The smallest absolute Gasteiger partial charge is 0.326 e. The number of benzene rings is 2. The average molecular weight is 419 g/mol. The van der Waals surface area contributed by atoms with Gasteiger partial charge < -0.3 is 15.0 Å². The molecule has 0 aliphatic carbocycles. The van der Waals surface area contributed by atoms with E-state index >= 15 is 0 Å². The molecule has 1 aliphatic heterocycles. The van der Waals surface area contributed by atoms with Crippen molar-refractivity contribution in [2.45, 2.75) is 39.3 Å². The molecule has 2 amide bonds. The van der Waals surface area contributed by atoms with Crippen LogP contribution in [0.2, 0.25) is 0 Å². The lowest BCUT2D eigenvalue weighted by Crippen LogP contribution is -2.42. The summed E-state index contributed by atoms with van der Waals surface area (Å²) in [6.07, 6.45) is 0.556. The van der Waals surface area contributed by atoms with Gasteiger partial charge in [-0.15, -0.1) is 0 Å². The van der Waals surface area contributed by atoms with E-state index in [-0.39, 0.29) is 18.4 Å². The van der Waals surface area contributed by atoms with Crippen LogP contribution in [-0.4, -0.2) is 41.4 Å². The number of rotatable bonds is 5. The summed E-state index contributed by atoms with van der Waals surface area (Å²) < 4.78 is 5.30. The number of amides is 2. The molecule has 2 aromatic rings. The Morgan fingerprint density at radius 2 is 1.87 bits per heavy atom. The highest BCUT2D eigenvalue weighted by Gasteiger charge is 2.28. The third kappa shape index (κ3) is 5.70. The van der Waals surface area contributed by atoms with Crippen LogP contribution in [-0.2, 0) is 22.5 Å². The van der Waals surface area contributed by atoms with Crippen molar-refractivity contribution < 1.29 is 19.1 Å². The SMILES string of the molecule is CC(C)(C)OC(=O)CN1CCc2cc(C(=O)NCc3ccc(C#N)cc3)ccc2C1=O. The van der Waals surface area contributed by atoms with Crippen molar-refractivity contribution in [3.8, 4) is 6.07 Å². The molecule has 0 aromatic heterocycles. The lowest BCUT2D eigenvalue weighted by Gasteiger charge is -2.29. The topological polar surface area (TPSA) is 99.5 Å². The number of esters is 1. The van der Waals surface area contributed by atoms with E-state index in [1.165, 1.54) is 4.90 Å². The highest BCUT2D eigenvalue weighted by Crippen LogP contribution is 2.21. The molecule has 1 heterocycles. The highest BCUT2D eigenvalue weighted by atomic mass is 16.6. The molecule has 0 spiro atoms. The maximum absolute atomic E-state index is 12.8. The molecule has 2 aromatic carbocycles. The Bertz CT molecular complexity index is 1050. The van der Waals surface area contributed by atoms with Crippen molar-refractivity contribution in [3.63, 3.8) is 0 Å². The standard InChI is InChI=1S/C24H25N3O4/c1-24(2,3)31-21(28)15-27-11-10-18-12-19(8-9-20(18)23(27)30)22(29)26-14-17-6-4-16(13-25)5-7-17/h4-9,12H,10-11,14-15H2,1-3H3,(H,26,29). The number of carbonyl (C=O) groups is 3. The molecule has 31 heavy (non-hydrogen) atoms. The summed E-state index contributed by atoms with van der Waals surface area (Å²) in [6.45, 7) is 5.98. The van der Waals surface area contributed by atoms with Gasteiger partial charge in [-0.25, -0.2) is 0 Å². The predicted molar refractivity (Wildman–Crippen MR) is 114 cm³/mol. The van der Waals surface area contributed by atoms with Crippen LogP contribution in [0.25, 0.3) is 0 Å². The van der Waals surface area contributed by atoms with Crippen LogP contribution in [0.1, 0.15) is 58.2 Å². The zero-order valence-corrected chi connectivity index (χ0v) is 17.9. The van der Waals surface area contributed by atoms with Gasteiger partial charge in [0, 0.05) is 24.2 Å². The molecule has 0 fully saturated rings. The first-order valence-corrected chi connectivity index (χ1v) is 10.1. The number of ether oxygens (including phenoxy) is 1. The molecule has 3 rings (SSSR count). The Morgan fingerprint density at radius 3 is 2.52 bits per heavy atom. The number of hydrogen-bond acceptors (Lipinski definition) is 5. The van der Waals surface area contributed by atoms with Crippen LogP contribution in [0, 0.1) is 11.3 Å². The molecule has 7 heteroatoms. The van der Waals surface area contributed by atoms with Crippen molar-refractivity contribution in [3.05, 3.63) is 70.3 Å². The van der Waals surface area contributed by atoms with E-state index in [0.29, 0.717) is 36.2 Å². The summed E-state index contributed by atoms with van der Waals surface area (Å²) in [5.41, 5.74) is 2.61. The van der Waals surface area contributed by atoms with Crippen LogP contribution >= 0.6 is 0 Å². The normalized spacial score (nSPS) is 13.2. The molecule has 0 saturated heterocycles. The Morgan fingerprint density at radius 1 is 1.16 bits per heavy atom. The first-order chi connectivity index (χ1) is 14.7. The first-order valence-electron chi connectivity index (χ1n) is 10.1. The molecule has 1 aliphatic rings. The Balaban J connectivity index is 1.63. The summed E-state index contributed by atoms with van der Waals surface area (Å²) in [5.74, 6) is -0.921. The van der Waals surface area contributed by atoms with Gasteiger partial charge in [0.05, 0.1) is 11.6 Å². The molecule has 0 bridgehead atoms. The van der Waals surface area contributed by atoms with Crippen molar-refractivity contribution in [2.75, 3.05) is 13.1 Å². The fraction of sp³-hybridized carbons (Fsp3) is 0.333. The van der Waals surface area contributed by atoms with Crippen LogP contribution in [0.4, 0.5) is 0 Å². The minimum atomic E-state index is -0.603. The molecular weight excluding hydrogens is 394 g/mol. The number of nitriles is 1. The summed E-state index contributed by atoms with van der Waals surface area (Å²) in [5, 5.41) is 11.7. The molecule has 0 saturated carbocycles. The second-order valence-corrected chi connectivity index (χ2v) is 8.43. The molecule has 7 nitrogen and oxygen atoms in total. The molecule has 0 radical (unpaired) electrons. The molecule has 0 unspecified atom stereocenters. The number of nitrogens with one attached hydrogen (secondary N) is 1. The van der Waals surface area contributed by atoms with Crippen molar-refractivity contribution in [2.24, 2.45) is 0 Å². The minimum absolute atomic E-state index is 0.0949. The number of fused-ring (bicyclic) bond motifs is 1. The summed E-state index contributed by atoms with van der Waals surface area (Å²) >= 11 is 0. The predicted octanol–water partition coefficient (Wildman–Crippen LogP) is 2.83. The maximum Gasteiger partial charge on any atom is 0.326 e. The van der Waals surface area contributed by atoms with E-state index in [9.17, 15) is 14.4 Å². The van der Waals surface area contributed by atoms with E-state index < -0.39 is 11.6 Å². The van der Waals surface area contributed by atoms with E-state index in [2.05, 4.69) is 11.4 Å². The van der Waals surface area contributed by atoms with E-state index in [4.69, 9.17) is 10.00 Å². The summed E-state index contributed by atoms with van der Waals surface area (Å²) in [4.78, 5) is 38.8. The van der Waals surface area contributed by atoms with Gasteiger partial charge in [-0.3, -0.25) is 14.4 Å². The van der Waals surface area contributed by atoms with E-state index in [1.807, 2.05) is 0 Å². The van der Waals surface area contributed by atoms with Gasteiger partial charge in [-0.2, -0.15) is 5.26 Å². The lowest BCUT2D eigenvalue weighted by molar-refractivity contribution is -0.155. The zero-order valence-electron chi connectivity index (χ0n) is 17.9.